The predicted octanol–water partition coefficient (Wildman–Crippen LogP) is 4.93. The van der Waals surface area contributed by atoms with Gasteiger partial charge in [-0.3, -0.25) is 4.68 Å². The first-order valence-electron chi connectivity index (χ1n) is 6.96. The lowest BCUT2D eigenvalue weighted by Gasteiger charge is -2.30. The van der Waals surface area contributed by atoms with Crippen LogP contribution in [0.3, 0.4) is 0 Å². The van der Waals surface area contributed by atoms with E-state index in [1.165, 1.54) is 5.69 Å². The minimum absolute atomic E-state index is 0.285. The molecule has 21 heavy (non-hydrogen) atoms. The largest absolute Gasteiger partial charge is 0.270 e. The zero-order chi connectivity index (χ0) is 15.5. The van der Waals surface area contributed by atoms with Crippen molar-refractivity contribution in [3.05, 3.63) is 51.8 Å². The molecule has 0 unspecified atom stereocenters. The van der Waals surface area contributed by atoms with Crippen molar-refractivity contribution in [2.24, 2.45) is 0 Å². The summed E-state index contributed by atoms with van der Waals surface area (Å²) in [5.41, 5.74) is 3.07. The van der Waals surface area contributed by atoms with Crippen molar-refractivity contribution in [2.75, 3.05) is 11.8 Å². The Morgan fingerprint density at radius 1 is 1.24 bits per heavy atom. The molecule has 5 heteroatoms. The van der Waals surface area contributed by atoms with E-state index in [1.54, 1.807) is 0 Å². The van der Waals surface area contributed by atoms with Crippen molar-refractivity contribution in [3.8, 4) is 0 Å². The molecule has 0 saturated carbocycles. The second kappa shape index (κ2) is 7.17. The van der Waals surface area contributed by atoms with Gasteiger partial charge in [0.1, 0.15) is 0 Å². The highest BCUT2D eigenvalue weighted by Crippen LogP contribution is 2.33. The van der Waals surface area contributed by atoms with Gasteiger partial charge in [-0.15, -0.1) is 23.2 Å². The third-order valence-corrected chi connectivity index (χ3v) is 5.27. The van der Waals surface area contributed by atoms with Gasteiger partial charge in [0, 0.05) is 40.3 Å². The lowest BCUT2D eigenvalue weighted by Crippen LogP contribution is -2.34. The summed E-state index contributed by atoms with van der Waals surface area (Å²) in [7, 11) is 0. The maximum atomic E-state index is 6.33. The second-order valence-corrected chi connectivity index (χ2v) is 6.78. The van der Waals surface area contributed by atoms with E-state index in [1.807, 2.05) is 23.7 Å². The number of halogens is 3. The molecule has 0 saturated heterocycles. The van der Waals surface area contributed by atoms with E-state index < -0.39 is 0 Å². The summed E-state index contributed by atoms with van der Waals surface area (Å²) in [5, 5.41) is 4.51. The van der Waals surface area contributed by atoms with Crippen LogP contribution in [-0.4, -0.2) is 21.5 Å². The lowest BCUT2D eigenvalue weighted by atomic mass is 9.80. The minimum atomic E-state index is -0.285. The average molecular weight is 390 g/mol. The van der Waals surface area contributed by atoms with Crippen LogP contribution in [0.4, 0.5) is 0 Å². The Morgan fingerprint density at radius 3 is 2.52 bits per heavy atom. The van der Waals surface area contributed by atoms with E-state index in [0.717, 1.165) is 28.7 Å². The van der Waals surface area contributed by atoms with Gasteiger partial charge in [0.2, 0.25) is 0 Å². The Morgan fingerprint density at radius 2 is 1.95 bits per heavy atom. The number of hydrogen-bond acceptors (Lipinski definition) is 1. The van der Waals surface area contributed by atoms with Crippen LogP contribution < -0.4 is 0 Å². The highest BCUT2D eigenvalue weighted by atomic mass is 79.9. The molecule has 0 radical (unpaired) electrons. The number of nitrogens with zero attached hydrogens (tertiary/aromatic N) is 2. The molecule has 0 aliphatic carbocycles. The number of aryl methyl sites for hydroxylation is 2. The molecular weight excluding hydrogens is 371 g/mol. The van der Waals surface area contributed by atoms with E-state index in [-0.39, 0.29) is 5.41 Å². The molecule has 0 fully saturated rings. The number of aromatic nitrogens is 2. The summed E-state index contributed by atoms with van der Waals surface area (Å²) in [6.07, 6.45) is 0.783. The van der Waals surface area contributed by atoms with Crippen molar-refractivity contribution < 1.29 is 0 Å². The summed E-state index contributed by atoms with van der Waals surface area (Å²) >= 11 is 16.2. The van der Waals surface area contributed by atoms with E-state index >= 15 is 0 Å². The smallest absolute Gasteiger partial charge is 0.0596 e. The van der Waals surface area contributed by atoms with Crippen LogP contribution in [0.25, 0.3) is 0 Å². The van der Waals surface area contributed by atoms with Gasteiger partial charge >= 0.3 is 0 Å². The van der Waals surface area contributed by atoms with Crippen LogP contribution in [0.2, 0.25) is 0 Å². The van der Waals surface area contributed by atoms with Gasteiger partial charge < -0.3 is 0 Å². The normalized spacial score (nSPS) is 11.9. The summed E-state index contributed by atoms with van der Waals surface area (Å²) in [6.45, 7) is 4.96. The molecule has 1 aromatic carbocycles. The van der Waals surface area contributed by atoms with E-state index in [2.05, 4.69) is 46.2 Å². The molecule has 0 bridgehead atoms. The molecule has 0 aliphatic rings. The zero-order valence-electron chi connectivity index (χ0n) is 12.2. The summed E-state index contributed by atoms with van der Waals surface area (Å²) < 4.78 is 3.07. The van der Waals surface area contributed by atoms with Crippen molar-refractivity contribution in [1.29, 1.82) is 0 Å². The van der Waals surface area contributed by atoms with E-state index in [0.29, 0.717) is 11.8 Å². The number of rotatable bonds is 6. The third-order valence-electron chi connectivity index (χ3n) is 3.75. The Balaban J connectivity index is 2.42. The van der Waals surface area contributed by atoms with Crippen molar-refractivity contribution >= 4 is 39.1 Å². The van der Waals surface area contributed by atoms with E-state index in [4.69, 9.17) is 23.2 Å². The zero-order valence-corrected chi connectivity index (χ0v) is 15.3. The fourth-order valence-electron chi connectivity index (χ4n) is 2.57. The van der Waals surface area contributed by atoms with Gasteiger partial charge in [0.05, 0.1) is 5.69 Å². The maximum absolute atomic E-state index is 6.33. The van der Waals surface area contributed by atoms with Crippen LogP contribution in [0.1, 0.15) is 23.9 Å². The molecule has 2 rings (SSSR count). The highest BCUT2D eigenvalue weighted by molar-refractivity contribution is 9.10. The maximum Gasteiger partial charge on any atom is 0.0596 e. The Kier molecular flexibility index (Phi) is 5.75. The molecule has 2 nitrogen and oxygen atoms in total. The Bertz CT molecular complexity index is 606. The van der Waals surface area contributed by atoms with Crippen LogP contribution in [0.5, 0.6) is 0 Å². The van der Waals surface area contributed by atoms with Gasteiger partial charge in [-0.25, -0.2) is 0 Å². The number of hydrogen-bond donors (Lipinski definition) is 0. The summed E-state index contributed by atoms with van der Waals surface area (Å²) in [5.74, 6) is 0.946. The Labute approximate surface area is 144 Å². The van der Waals surface area contributed by atoms with Crippen LogP contribution in [0.15, 0.2) is 34.8 Å². The number of benzene rings is 1. The highest BCUT2D eigenvalue weighted by Gasteiger charge is 2.32. The standard InChI is InChI=1S/C16H19BrCl2N2/c1-3-21-15(7-12(2)20-21)9-16(10-18,11-19)13-5-4-6-14(17)8-13/h4-8H,3,9-11H2,1-2H3. The van der Waals surface area contributed by atoms with Crippen LogP contribution in [0, 0.1) is 6.92 Å². The van der Waals surface area contributed by atoms with Crippen molar-refractivity contribution in [3.63, 3.8) is 0 Å². The average Bonchev–Trinajstić information content (AvgIpc) is 2.84. The first-order valence-corrected chi connectivity index (χ1v) is 8.82. The fourth-order valence-corrected chi connectivity index (χ4v) is 3.75. The van der Waals surface area contributed by atoms with Gasteiger partial charge in [-0.05, 0) is 37.6 Å². The van der Waals surface area contributed by atoms with Crippen molar-refractivity contribution in [2.45, 2.75) is 32.2 Å². The SMILES string of the molecule is CCn1nc(C)cc1CC(CCl)(CCl)c1cccc(Br)c1. The van der Waals surface area contributed by atoms with E-state index in [9.17, 15) is 0 Å². The lowest BCUT2D eigenvalue weighted by molar-refractivity contribution is 0.498. The molecule has 2 aromatic rings. The molecule has 114 valence electrons. The second-order valence-electron chi connectivity index (χ2n) is 5.33. The summed E-state index contributed by atoms with van der Waals surface area (Å²) in [6, 6.07) is 10.3. The van der Waals surface area contributed by atoms with Crippen LogP contribution >= 0.6 is 39.1 Å². The fraction of sp³-hybridized carbons (Fsp3) is 0.438. The first-order chi connectivity index (χ1) is 10.0. The number of alkyl halides is 2. The minimum Gasteiger partial charge on any atom is -0.270 e. The Hall–Kier alpha value is -0.510. The molecule has 1 aromatic heterocycles. The molecular formula is C16H19BrCl2N2. The van der Waals surface area contributed by atoms with Gasteiger partial charge in [0.15, 0.2) is 0 Å². The van der Waals surface area contributed by atoms with Gasteiger partial charge in [0.25, 0.3) is 0 Å². The van der Waals surface area contributed by atoms with Crippen molar-refractivity contribution in [1.82, 2.24) is 9.78 Å². The molecule has 0 atom stereocenters. The van der Waals surface area contributed by atoms with Gasteiger partial charge in [-0.1, -0.05) is 28.1 Å². The monoisotopic (exact) mass is 388 g/mol. The first kappa shape index (κ1) is 16.9. The molecule has 0 amide bonds. The quantitative estimate of drug-likeness (QED) is 0.640. The van der Waals surface area contributed by atoms with Gasteiger partial charge in [-0.2, -0.15) is 5.10 Å². The molecule has 0 N–H and O–H groups in total. The molecule has 0 aliphatic heterocycles. The third kappa shape index (κ3) is 3.64. The molecule has 0 spiro atoms. The van der Waals surface area contributed by atoms with Crippen LogP contribution in [-0.2, 0) is 18.4 Å². The topological polar surface area (TPSA) is 17.8 Å². The summed E-state index contributed by atoms with van der Waals surface area (Å²) in [4.78, 5) is 0. The predicted molar refractivity (Wildman–Crippen MR) is 93.6 cm³/mol. The molecule has 1 heterocycles.